The maximum Gasteiger partial charge on any atom is 0.339 e. The van der Waals surface area contributed by atoms with Crippen molar-refractivity contribution in [3.63, 3.8) is 0 Å². The molecule has 2 aromatic rings. The van der Waals surface area contributed by atoms with E-state index in [1.54, 1.807) is 7.11 Å². The highest BCUT2D eigenvalue weighted by Crippen LogP contribution is 2.41. The third-order valence-electron chi connectivity index (χ3n) is 5.89. The predicted octanol–water partition coefficient (Wildman–Crippen LogP) is 6.23. The highest BCUT2D eigenvalue weighted by molar-refractivity contribution is 5.89. The second-order valence-electron chi connectivity index (χ2n) is 7.60. The van der Waals surface area contributed by atoms with E-state index in [-0.39, 0.29) is 5.97 Å². The molecule has 0 aromatic heterocycles. The van der Waals surface area contributed by atoms with Crippen molar-refractivity contribution in [3.8, 4) is 5.75 Å². The van der Waals surface area contributed by atoms with Crippen LogP contribution >= 0.6 is 0 Å². The third-order valence-corrected chi connectivity index (χ3v) is 5.89. The van der Waals surface area contributed by atoms with Crippen LogP contribution in [0.5, 0.6) is 5.75 Å². The first kappa shape index (κ1) is 19.5. The molecule has 0 bridgehead atoms. The SMILES string of the molecule is CCC(C)c1ccc(C(=O)OC2(c3ccc(OC)cc3)CCCCC2)cc1. The van der Waals surface area contributed by atoms with Gasteiger partial charge in [0.2, 0.25) is 0 Å². The number of ether oxygens (including phenoxy) is 2. The van der Waals surface area contributed by atoms with Crippen molar-refractivity contribution in [1.29, 1.82) is 0 Å². The molecule has 0 amide bonds. The molecule has 0 spiro atoms. The molecule has 27 heavy (non-hydrogen) atoms. The lowest BCUT2D eigenvalue weighted by molar-refractivity contribution is -0.0417. The number of carbonyl (C=O) groups is 1. The van der Waals surface area contributed by atoms with E-state index in [1.165, 1.54) is 12.0 Å². The van der Waals surface area contributed by atoms with Crippen molar-refractivity contribution in [3.05, 3.63) is 65.2 Å². The molecule has 3 heteroatoms. The second-order valence-corrected chi connectivity index (χ2v) is 7.60. The summed E-state index contributed by atoms with van der Waals surface area (Å²) in [4.78, 5) is 12.9. The molecule has 0 heterocycles. The first-order valence-corrected chi connectivity index (χ1v) is 10.1. The van der Waals surface area contributed by atoms with Crippen LogP contribution in [0.2, 0.25) is 0 Å². The Labute approximate surface area is 162 Å². The van der Waals surface area contributed by atoms with Crippen molar-refractivity contribution >= 4 is 5.97 Å². The highest BCUT2D eigenvalue weighted by Gasteiger charge is 2.38. The number of methoxy groups -OCH3 is 1. The summed E-state index contributed by atoms with van der Waals surface area (Å²) < 4.78 is 11.4. The maximum atomic E-state index is 12.9. The predicted molar refractivity (Wildman–Crippen MR) is 108 cm³/mol. The first-order chi connectivity index (χ1) is 13.1. The van der Waals surface area contributed by atoms with Crippen LogP contribution < -0.4 is 4.74 Å². The Morgan fingerprint density at radius 3 is 2.19 bits per heavy atom. The van der Waals surface area contributed by atoms with Gasteiger partial charge in [-0.3, -0.25) is 0 Å². The lowest BCUT2D eigenvalue weighted by Gasteiger charge is -2.37. The minimum Gasteiger partial charge on any atom is -0.497 e. The van der Waals surface area contributed by atoms with E-state index in [4.69, 9.17) is 9.47 Å². The Kier molecular flexibility index (Phi) is 6.20. The number of esters is 1. The van der Waals surface area contributed by atoms with Crippen LogP contribution in [0, 0.1) is 0 Å². The molecular formula is C24H30O3. The van der Waals surface area contributed by atoms with Gasteiger partial charge in [0.1, 0.15) is 11.4 Å². The molecule has 0 N–H and O–H groups in total. The molecule has 0 aliphatic heterocycles. The number of benzene rings is 2. The van der Waals surface area contributed by atoms with Crippen molar-refractivity contribution in [2.75, 3.05) is 7.11 Å². The Bertz CT molecular complexity index is 740. The average Bonchev–Trinajstić information content (AvgIpc) is 2.74. The zero-order valence-electron chi connectivity index (χ0n) is 16.7. The summed E-state index contributed by atoms with van der Waals surface area (Å²) in [6.07, 6.45) is 6.17. The van der Waals surface area contributed by atoms with Crippen LogP contribution in [0.1, 0.15) is 79.8 Å². The molecule has 1 fully saturated rings. The summed E-state index contributed by atoms with van der Waals surface area (Å²) in [5.74, 6) is 1.08. The van der Waals surface area contributed by atoms with Gasteiger partial charge in [0.15, 0.2) is 0 Å². The van der Waals surface area contributed by atoms with Gasteiger partial charge in [-0.1, -0.05) is 44.5 Å². The van der Waals surface area contributed by atoms with Gasteiger partial charge in [-0.05, 0) is 73.4 Å². The van der Waals surface area contributed by atoms with Crippen LogP contribution in [-0.2, 0) is 10.3 Å². The molecule has 0 radical (unpaired) electrons. The summed E-state index contributed by atoms with van der Waals surface area (Å²) in [6.45, 7) is 4.38. The number of hydrogen-bond donors (Lipinski definition) is 0. The maximum absolute atomic E-state index is 12.9. The highest BCUT2D eigenvalue weighted by atomic mass is 16.6. The lowest BCUT2D eigenvalue weighted by atomic mass is 9.79. The van der Waals surface area contributed by atoms with Crippen molar-refractivity contribution < 1.29 is 14.3 Å². The van der Waals surface area contributed by atoms with Crippen LogP contribution in [-0.4, -0.2) is 13.1 Å². The second kappa shape index (κ2) is 8.60. The van der Waals surface area contributed by atoms with E-state index < -0.39 is 5.60 Å². The number of rotatable bonds is 6. The molecule has 0 saturated heterocycles. The van der Waals surface area contributed by atoms with Gasteiger partial charge in [0.05, 0.1) is 12.7 Å². The normalized spacial score (nSPS) is 17.1. The van der Waals surface area contributed by atoms with Gasteiger partial charge >= 0.3 is 5.97 Å². The van der Waals surface area contributed by atoms with E-state index in [0.717, 1.165) is 43.4 Å². The summed E-state index contributed by atoms with van der Waals surface area (Å²) in [7, 11) is 1.66. The molecule has 1 saturated carbocycles. The largest absolute Gasteiger partial charge is 0.497 e. The summed E-state index contributed by atoms with van der Waals surface area (Å²) >= 11 is 0. The first-order valence-electron chi connectivity index (χ1n) is 10.1. The third kappa shape index (κ3) is 4.35. The molecule has 3 nitrogen and oxygen atoms in total. The monoisotopic (exact) mass is 366 g/mol. The van der Waals surface area contributed by atoms with Crippen molar-refractivity contribution in [2.24, 2.45) is 0 Å². The van der Waals surface area contributed by atoms with Crippen LogP contribution in [0.3, 0.4) is 0 Å². The molecule has 144 valence electrons. The summed E-state index contributed by atoms with van der Waals surface area (Å²) in [6, 6.07) is 15.8. The van der Waals surface area contributed by atoms with Crippen LogP contribution in [0.25, 0.3) is 0 Å². The van der Waals surface area contributed by atoms with E-state index in [0.29, 0.717) is 11.5 Å². The molecule has 1 aliphatic rings. The Balaban J connectivity index is 1.82. The van der Waals surface area contributed by atoms with Gasteiger partial charge in [-0.2, -0.15) is 0 Å². The molecule has 1 unspecified atom stereocenters. The Morgan fingerprint density at radius 1 is 1.00 bits per heavy atom. The Hall–Kier alpha value is -2.29. The van der Waals surface area contributed by atoms with E-state index >= 15 is 0 Å². The quantitative estimate of drug-likeness (QED) is 0.569. The summed E-state index contributed by atoms with van der Waals surface area (Å²) in [5, 5.41) is 0. The van der Waals surface area contributed by atoms with E-state index in [2.05, 4.69) is 13.8 Å². The van der Waals surface area contributed by atoms with Crippen LogP contribution in [0.15, 0.2) is 48.5 Å². The Morgan fingerprint density at radius 2 is 1.63 bits per heavy atom. The van der Waals surface area contributed by atoms with Gasteiger partial charge in [0.25, 0.3) is 0 Å². The molecule has 2 aromatic carbocycles. The van der Waals surface area contributed by atoms with Gasteiger partial charge < -0.3 is 9.47 Å². The van der Waals surface area contributed by atoms with Crippen molar-refractivity contribution in [2.45, 2.75) is 63.9 Å². The summed E-state index contributed by atoms with van der Waals surface area (Å²) in [5.41, 5.74) is 2.42. The minimum absolute atomic E-state index is 0.233. The zero-order chi connectivity index (χ0) is 19.3. The molecule has 3 rings (SSSR count). The fourth-order valence-electron chi connectivity index (χ4n) is 3.89. The van der Waals surface area contributed by atoms with E-state index in [9.17, 15) is 4.79 Å². The van der Waals surface area contributed by atoms with Gasteiger partial charge in [-0.15, -0.1) is 0 Å². The molecule has 1 atom stereocenters. The van der Waals surface area contributed by atoms with E-state index in [1.807, 2.05) is 48.5 Å². The molecular weight excluding hydrogens is 336 g/mol. The number of hydrogen-bond acceptors (Lipinski definition) is 3. The zero-order valence-corrected chi connectivity index (χ0v) is 16.7. The van der Waals surface area contributed by atoms with Crippen LogP contribution in [0.4, 0.5) is 0 Å². The standard InChI is InChI=1S/C24H30O3/c1-4-18(2)19-8-10-20(11-9-19)23(25)27-24(16-6-5-7-17-24)21-12-14-22(26-3)15-13-21/h8-15,18H,4-7,16-17H2,1-3H3. The average molecular weight is 367 g/mol. The van der Waals surface area contributed by atoms with Gasteiger partial charge in [0, 0.05) is 0 Å². The lowest BCUT2D eigenvalue weighted by Crippen LogP contribution is -2.34. The fourth-order valence-corrected chi connectivity index (χ4v) is 3.89. The number of carbonyl (C=O) groups excluding carboxylic acids is 1. The van der Waals surface area contributed by atoms with Crippen molar-refractivity contribution in [1.82, 2.24) is 0 Å². The fraction of sp³-hybridized carbons (Fsp3) is 0.458. The minimum atomic E-state index is -0.531. The van der Waals surface area contributed by atoms with Gasteiger partial charge in [-0.25, -0.2) is 4.79 Å². The molecule has 1 aliphatic carbocycles. The smallest absolute Gasteiger partial charge is 0.339 e. The topological polar surface area (TPSA) is 35.5 Å².